The van der Waals surface area contributed by atoms with E-state index in [4.69, 9.17) is 16.2 Å². The van der Waals surface area contributed by atoms with Crippen molar-refractivity contribution in [2.24, 2.45) is 17.4 Å². The monoisotopic (exact) mass is 236 g/mol. The minimum Gasteiger partial charge on any atom is -0.491 e. The Hall–Kier alpha value is -1.06. The van der Waals surface area contributed by atoms with Crippen molar-refractivity contribution in [1.29, 1.82) is 0 Å². The summed E-state index contributed by atoms with van der Waals surface area (Å²) < 4.78 is 5.60. The Kier molecular flexibility index (Phi) is 5.45. The number of hydrogen-bond acceptors (Lipinski definition) is 3. The summed E-state index contributed by atoms with van der Waals surface area (Å²) in [6.45, 7) is 6.85. The Bertz CT molecular complexity index is 321. The van der Waals surface area contributed by atoms with E-state index in [1.807, 2.05) is 38.1 Å². The highest BCUT2D eigenvalue weighted by Crippen LogP contribution is 2.23. The molecule has 1 aromatic carbocycles. The molecule has 2 atom stereocenters. The Morgan fingerprint density at radius 1 is 1.12 bits per heavy atom. The molecule has 0 saturated heterocycles. The molecule has 1 aromatic rings. The van der Waals surface area contributed by atoms with E-state index in [1.165, 1.54) is 0 Å². The minimum atomic E-state index is 0.0478. The van der Waals surface area contributed by atoms with Crippen LogP contribution >= 0.6 is 0 Å². The quantitative estimate of drug-likeness (QED) is 0.797. The van der Waals surface area contributed by atoms with Crippen molar-refractivity contribution in [3.8, 4) is 5.75 Å². The van der Waals surface area contributed by atoms with E-state index in [-0.39, 0.29) is 12.1 Å². The van der Waals surface area contributed by atoms with Gasteiger partial charge in [0.15, 0.2) is 0 Å². The number of nitrogens with two attached hydrogens (primary N) is 2. The van der Waals surface area contributed by atoms with Gasteiger partial charge in [-0.25, -0.2) is 0 Å². The molecule has 0 radical (unpaired) electrons. The summed E-state index contributed by atoms with van der Waals surface area (Å²) in [5, 5.41) is 0. The smallest absolute Gasteiger partial charge is 0.119 e. The molecule has 0 bridgehead atoms. The molecule has 17 heavy (non-hydrogen) atoms. The molecule has 1 rings (SSSR count). The summed E-state index contributed by atoms with van der Waals surface area (Å²) in [6, 6.07) is 8.08. The van der Waals surface area contributed by atoms with Crippen molar-refractivity contribution in [2.75, 3.05) is 6.54 Å². The maximum absolute atomic E-state index is 6.18. The van der Waals surface area contributed by atoms with Crippen LogP contribution in [0.2, 0.25) is 0 Å². The molecule has 4 N–H and O–H groups in total. The summed E-state index contributed by atoms with van der Waals surface area (Å²) in [7, 11) is 0. The fourth-order valence-corrected chi connectivity index (χ4v) is 1.81. The van der Waals surface area contributed by atoms with Crippen LogP contribution in [0.4, 0.5) is 0 Å². The van der Waals surface area contributed by atoms with E-state index in [0.29, 0.717) is 12.5 Å². The van der Waals surface area contributed by atoms with Crippen LogP contribution in [0, 0.1) is 5.92 Å². The molecule has 3 nitrogen and oxygen atoms in total. The molecule has 0 fully saturated rings. The SMILES string of the molecule is CC(C)Oc1ccc(C(N)C(C)CCN)cc1. The first-order valence-electron chi connectivity index (χ1n) is 6.27. The van der Waals surface area contributed by atoms with Crippen LogP contribution in [0.1, 0.15) is 38.8 Å². The Labute approximate surface area is 104 Å². The second kappa shape index (κ2) is 6.62. The molecule has 0 heterocycles. The van der Waals surface area contributed by atoms with Crippen molar-refractivity contribution in [2.45, 2.75) is 39.3 Å². The zero-order chi connectivity index (χ0) is 12.8. The predicted molar refractivity (Wildman–Crippen MR) is 72.0 cm³/mol. The fraction of sp³-hybridized carbons (Fsp3) is 0.571. The summed E-state index contributed by atoms with van der Waals surface area (Å²) in [5.74, 6) is 1.29. The lowest BCUT2D eigenvalue weighted by atomic mass is 9.93. The van der Waals surface area contributed by atoms with E-state index in [0.717, 1.165) is 17.7 Å². The fourth-order valence-electron chi connectivity index (χ4n) is 1.81. The van der Waals surface area contributed by atoms with E-state index >= 15 is 0 Å². The zero-order valence-corrected chi connectivity index (χ0v) is 11.0. The average Bonchev–Trinajstić information content (AvgIpc) is 2.28. The third-order valence-electron chi connectivity index (χ3n) is 2.87. The number of hydrogen-bond donors (Lipinski definition) is 2. The van der Waals surface area contributed by atoms with Crippen LogP contribution in [0.25, 0.3) is 0 Å². The van der Waals surface area contributed by atoms with Gasteiger partial charge in [0, 0.05) is 6.04 Å². The Morgan fingerprint density at radius 2 is 1.71 bits per heavy atom. The van der Waals surface area contributed by atoms with Crippen LogP contribution in [-0.4, -0.2) is 12.6 Å². The maximum Gasteiger partial charge on any atom is 0.119 e. The largest absolute Gasteiger partial charge is 0.491 e. The molecule has 2 unspecified atom stereocenters. The minimum absolute atomic E-state index is 0.0478. The lowest BCUT2D eigenvalue weighted by Gasteiger charge is -2.20. The van der Waals surface area contributed by atoms with Crippen LogP contribution in [0.15, 0.2) is 24.3 Å². The topological polar surface area (TPSA) is 61.3 Å². The van der Waals surface area contributed by atoms with Crippen LogP contribution in [0.3, 0.4) is 0 Å². The molecule has 3 heteroatoms. The van der Waals surface area contributed by atoms with Crippen LogP contribution < -0.4 is 16.2 Å². The third kappa shape index (κ3) is 4.36. The molecule has 0 amide bonds. The highest BCUT2D eigenvalue weighted by atomic mass is 16.5. The van der Waals surface area contributed by atoms with E-state index in [1.54, 1.807) is 0 Å². The zero-order valence-electron chi connectivity index (χ0n) is 11.0. The van der Waals surface area contributed by atoms with Gasteiger partial charge in [-0.1, -0.05) is 19.1 Å². The van der Waals surface area contributed by atoms with Gasteiger partial charge in [-0.05, 0) is 50.4 Å². The van der Waals surface area contributed by atoms with Crippen molar-refractivity contribution in [3.63, 3.8) is 0 Å². The van der Waals surface area contributed by atoms with Gasteiger partial charge in [0.05, 0.1) is 6.10 Å². The third-order valence-corrected chi connectivity index (χ3v) is 2.87. The first-order chi connectivity index (χ1) is 8.04. The average molecular weight is 236 g/mol. The van der Waals surface area contributed by atoms with E-state index in [9.17, 15) is 0 Å². The Balaban J connectivity index is 2.66. The highest BCUT2D eigenvalue weighted by molar-refractivity contribution is 5.29. The lowest BCUT2D eigenvalue weighted by Crippen LogP contribution is -2.21. The molecule has 0 saturated carbocycles. The number of benzene rings is 1. The molecule has 0 aromatic heterocycles. The number of rotatable bonds is 6. The molecule has 0 spiro atoms. The van der Waals surface area contributed by atoms with Gasteiger partial charge in [0.25, 0.3) is 0 Å². The summed E-state index contributed by atoms with van der Waals surface area (Å²) in [6.07, 6.45) is 1.15. The second-order valence-electron chi connectivity index (χ2n) is 4.82. The van der Waals surface area contributed by atoms with Crippen molar-refractivity contribution in [3.05, 3.63) is 29.8 Å². The van der Waals surface area contributed by atoms with Gasteiger partial charge in [0.1, 0.15) is 5.75 Å². The molecular formula is C14H24N2O. The van der Waals surface area contributed by atoms with Crippen molar-refractivity contribution >= 4 is 0 Å². The van der Waals surface area contributed by atoms with Crippen LogP contribution in [-0.2, 0) is 0 Å². The van der Waals surface area contributed by atoms with Gasteiger partial charge in [0.2, 0.25) is 0 Å². The first kappa shape index (κ1) is 14.0. The standard InChI is InChI=1S/C14H24N2O/c1-10(2)17-13-6-4-12(5-7-13)14(16)11(3)8-9-15/h4-7,10-11,14H,8-9,15-16H2,1-3H3. The highest BCUT2D eigenvalue weighted by Gasteiger charge is 2.14. The first-order valence-corrected chi connectivity index (χ1v) is 6.27. The van der Waals surface area contributed by atoms with Crippen molar-refractivity contribution in [1.82, 2.24) is 0 Å². The second-order valence-corrected chi connectivity index (χ2v) is 4.82. The summed E-state index contributed by atoms with van der Waals surface area (Å²) in [4.78, 5) is 0. The molecule has 0 aliphatic heterocycles. The predicted octanol–water partition coefficient (Wildman–Crippen LogP) is 2.46. The van der Waals surface area contributed by atoms with Gasteiger partial charge in [-0.2, -0.15) is 0 Å². The van der Waals surface area contributed by atoms with Gasteiger partial charge in [-0.15, -0.1) is 0 Å². The molecule has 0 aliphatic carbocycles. The Morgan fingerprint density at radius 3 is 2.18 bits per heavy atom. The van der Waals surface area contributed by atoms with Crippen molar-refractivity contribution < 1.29 is 4.74 Å². The number of ether oxygens (including phenoxy) is 1. The van der Waals surface area contributed by atoms with E-state index < -0.39 is 0 Å². The maximum atomic E-state index is 6.18. The molecule has 0 aliphatic rings. The van der Waals surface area contributed by atoms with Gasteiger partial charge >= 0.3 is 0 Å². The normalized spacial score (nSPS) is 14.7. The lowest BCUT2D eigenvalue weighted by molar-refractivity contribution is 0.242. The summed E-state index contributed by atoms with van der Waals surface area (Å²) in [5.41, 5.74) is 12.9. The molecular weight excluding hydrogens is 212 g/mol. The molecule has 96 valence electrons. The van der Waals surface area contributed by atoms with Gasteiger partial charge < -0.3 is 16.2 Å². The van der Waals surface area contributed by atoms with Gasteiger partial charge in [-0.3, -0.25) is 0 Å². The van der Waals surface area contributed by atoms with E-state index in [2.05, 4.69) is 6.92 Å². The summed E-state index contributed by atoms with van der Waals surface area (Å²) >= 11 is 0. The van der Waals surface area contributed by atoms with Crippen LogP contribution in [0.5, 0.6) is 5.75 Å².